The van der Waals surface area contributed by atoms with Crippen LogP contribution in [0.5, 0.6) is 0 Å². The molecule has 0 aromatic heterocycles. The Kier molecular flexibility index (Phi) is 3.56. The van der Waals surface area contributed by atoms with Gasteiger partial charge in [0.1, 0.15) is 19.7 Å². The normalized spacial score (nSPS) is 36.4. The van der Waals surface area contributed by atoms with Gasteiger partial charge in [0.2, 0.25) is 0 Å². The van der Waals surface area contributed by atoms with Crippen LogP contribution in [-0.2, 0) is 19.7 Å². The molecule has 0 aromatic rings. The van der Waals surface area contributed by atoms with Crippen molar-refractivity contribution in [3.63, 3.8) is 0 Å². The van der Waals surface area contributed by atoms with E-state index in [1.54, 1.807) is 0 Å². The summed E-state index contributed by atoms with van der Waals surface area (Å²) in [6.07, 6.45) is 4.28. The molecule has 0 radical (unpaired) electrons. The van der Waals surface area contributed by atoms with Gasteiger partial charge >= 0.3 is 0 Å². The third-order valence-electron chi connectivity index (χ3n) is 1.58. The van der Waals surface area contributed by atoms with E-state index in [-0.39, 0.29) is 0 Å². The third-order valence-corrected chi connectivity index (χ3v) is 5.48. The Morgan fingerprint density at radius 1 is 0.700 bits per heavy atom. The van der Waals surface area contributed by atoms with Gasteiger partial charge in [-0.15, -0.1) is 0 Å². The summed E-state index contributed by atoms with van der Waals surface area (Å²) >= 11 is 0. The van der Waals surface area contributed by atoms with Crippen LogP contribution in [0.15, 0.2) is 0 Å². The van der Waals surface area contributed by atoms with Crippen LogP contribution < -0.4 is 0 Å². The van der Waals surface area contributed by atoms with Gasteiger partial charge < -0.3 is 0 Å². The van der Waals surface area contributed by atoms with E-state index in [0.29, 0.717) is 11.5 Å². The molecule has 0 amide bonds. The molecule has 1 saturated heterocycles. The first kappa shape index (κ1) is 8.40. The van der Waals surface area contributed by atoms with E-state index in [0.717, 1.165) is 25.7 Å². The summed E-state index contributed by atoms with van der Waals surface area (Å²) in [6.45, 7) is 0. The molecule has 10 heavy (non-hydrogen) atoms. The molecule has 0 aromatic carbocycles. The average molecular weight is 180 g/mol. The molecule has 2 unspecified atom stereocenters. The molecule has 2 atom stereocenters. The van der Waals surface area contributed by atoms with Crippen molar-refractivity contribution in [3.05, 3.63) is 0 Å². The molecule has 4 heteroatoms. The Bertz CT molecular complexity index is 138. The third kappa shape index (κ3) is 2.50. The summed E-state index contributed by atoms with van der Waals surface area (Å²) in [7, 11) is -2.08. The van der Waals surface area contributed by atoms with E-state index in [1.165, 1.54) is 0 Å². The highest BCUT2D eigenvalue weighted by molar-refractivity contribution is 8.61. The molecule has 0 saturated carbocycles. The van der Waals surface area contributed by atoms with E-state index in [9.17, 15) is 8.42 Å². The summed E-state index contributed by atoms with van der Waals surface area (Å²) in [5.74, 6) is 1.29. The molecule has 0 N–H and O–H groups in total. The highest BCUT2D eigenvalue weighted by Gasteiger charge is 2.11. The monoisotopic (exact) mass is 180 g/mol. The zero-order valence-electron chi connectivity index (χ0n) is 5.88. The summed E-state index contributed by atoms with van der Waals surface area (Å²) in [6, 6.07) is 0. The molecule has 2 nitrogen and oxygen atoms in total. The average Bonchev–Trinajstić information content (AvgIpc) is 1.92. The largest absolute Gasteiger partial charge is 0.246 e. The predicted octanol–water partition coefficient (Wildman–Crippen LogP) is 0.973. The maximum Gasteiger partial charge on any atom is 0.110 e. The maximum absolute atomic E-state index is 11.0. The second-order valence-electron chi connectivity index (χ2n) is 2.43. The number of rotatable bonds is 0. The predicted molar refractivity (Wildman–Crippen MR) is 44.5 cm³/mol. The molecular weight excluding hydrogens is 168 g/mol. The van der Waals surface area contributed by atoms with Crippen molar-refractivity contribution in [2.24, 2.45) is 0 Å². The standard InChI is InChI=1S/C6H12O2S2/c7-9-5-3-1-2-4-6-10(9)8/h1-6H2. The fraction of sp³-hybridized carbons (Fsp3) is 1.00. The lowest BCUT2D eigenvalue weighted by atomic mass is 10.2. The molecule has 1 rings (SSSR count). The molecule has 1 heterocycles. The van der Waals surface area contributed by atoms with Crippen molar-refractivity contribution < 1.29 is 8.42 Å². The van der Waals surface area contributed by atoms with Gasteiger partial charge in [-0.1, -0.05) is 12.8 Å². The van der Waals surface area contributed by atoms with E-state index in [4.69, 9.17) is 0 Å². The zero-order chi connectivity index (χ0) is 7.40. The zero-order valence-corrected chi connectivity index (χ0v) is 7.51. The number of hydrogen-bond acceptors (Lipinski definition) is 2. The number of hydrogen-bond donors (Lipinski definition) is 0. The van der Waals surface area contributed by atoms with Gasteiger partial charge in [0.15, 0.2) is 0 Å². The Balaban J connectivity index is 2.43. The lowest BCUT2D eigenvalue weighted by molar-refractivity contribution is 0.654. The summed E-state index contributed by atoms with van der Waals surface area (Å²) in [5.41, 5.74) is 0. The summed E-state index contributed by atoms with van der Waals surface area (Å²) in [5, 5.41) is 0. The fourth-order valence-corrected chi connectivity index (χ4v) is 4.05. The van der Waals surface area contributed by atoms with Crippen molar-refractivity contribution in [1.29, 1.82) is 0 Å². The van der Waals surface area contributed by atoms with Crippen molar-refractivity contribution in [2.45, 2.75) is 25.7 Å². The Morgan fingerprint density at radius 3 is 1.50 bits per heavy atom. The first-order valence-electron chi connectivity index (χ1n) is 3.58. The van der Waals surface area contributed by atoms with Gasteiger partial charge in [-0.3, -0.25) is 0 Å². The topological polar surface area (TPSA) is 34.1 Å². The van der Waals surface area contributed by atoms with Crippen LogP contribution in [-0.4, -0.2) is 19.9 Å². The minimum Gasteiger partial charge on any atom is -0.246 e. The smallest absolute Gasteiger partial charge is 0.110 e. The molecular formula is C6H12O2S2. The maximum atomic E-state index is 11.0. The van der Waals surface area contributed by atoms with Gasteiger partial charge in [-0.2, -0.15) is 0 Å². The van der Waals surface area contributed by atoms with Crippen LogP contribution in [0.3, 0.4) is 0 Å². The van der Waals surface area contributed by atoms with Gasteiger partial charge in [0.05, 0.1) is 0 Å². The first-order valence-corrected chi connectivity index (χ1v) is 6.73. The molecule has 60 valence electrons. The SMILES string of the molecule is O=S1CCCCCCS1=O. The van der Waals surface area contributed by atoms with Crippen LogP contribution in [0, 0.1) is 0 Å². The highest BCUT2D eigenvalue weighted by atomic mass is 33.1. The second kappa shape index (κ2) is 4.23. The quantitative estimate of drug-likeness (QED) is 0.521. The molecule has 1 aliphatic heterocycles. The molecule has 1 aliphatic rings. The summed E-state index contributed by atoms with van der Waals surface area (Å²) < 4.78 is 22.0. The van der Waals surface area contributed by atoms with Crippen LogP contribution in [0.4, 0.5) is 0 Å². The summed E-state index contributed by atoms with van der Waals surface area (Å²) in [4.78, 5) is 0. The highest BCUT2D eigenvalue weighted by Crippen LogP contribution is 2.09. The van der Waals surface area contributed by atoms with Crippen LogP contribution in [0.1, 0.15) is 25.7 Å². The minimum absolute atomic E-state index is 0.645. The fourth-order valence-electron chi connectivity index (χ4n) is 0.979. The van der Waals surface area contributed by atoms with E-state index in [1.807, 2.05) is 0 Å². The van der Waals surface area contributed by atoms with E-state index < -0.39 is 19.7 Å². The Hall–Kier alpha value is 0.300. The van der Waals surface area contributed by atoms with Crippen LogP contribution in [0.2, 0.25) is 0 Å². The lowest BCUT2D eigenvalue weighted by Gasteiger charge is -2.06. The Labute approximate surface area is 65.7 Å². The van der Waals surface area contributed by atoms with Crippen LogP contribution >= 0.6 is 0 Å². The van der Waals surface area contributed by atoms with Gasteiger partial charge in [-0.05, 0) is 12.8 Å². The molecule has 0 spiro atoms. The van der Waals surface area contributed by atoms with Gasteiger partial charge in [-0.25, -0.2) is 8.42 Å². The lowest BCUT2D eigenvalue weighted by Crippen LogP contribution is -2.11. The van der Waals surface area contributed by atoms with E-state index >= 15 is 0 Å². The van der Waals surface area contributed by atoms with Crippen molar-refractivity contribution >= 4 is 19.7 Å². The second-order valence-corrected chi connectivity index (χ2v) is 6.69. The molecule has 0 bridgehead atoms. The first-order chi connectivity index (χ1) is 4.80. The van der Waals surface area contributed by atoms with Crippen molar-refractivity contribution in [1.82, 2.24) is 0 Å². The Morgan fingerprint density at radius 2 is 1.10 bits per heavy atom. The molecule has 1 fully saturated rings. The van der Waals surface area contributed by atoms with Crippen molar-refractivity contribution in [3.8, 4) is 0 Å². The van der Waals surface area contributed by atoms with Crippen molar-refractivity contribution in [2.75, 3.05) is 11.5 Å². The van der Waals surface area contributed by atoms with Gasteiger partial charge in [0, 0.05) is 11.5 Å². The minimum atomic E-state index is -1.04. The van der Waals surface area contributed by atoms with Gasteiger partial charge in [0.25, 0.3) is 0 Å². The van der Waals surface area contributed by atoms with Crippen LogP contribution in [0.25, 0.3) is 0 Å². The van der Waals surface area contributed by atoms with E-state index in [2.05, 4.69) is 0 Å². The molecule has 0 aliphatic carbocycles.